The third kappa shape index (κ3) is 5.11. The molecule has 0 spiro atoms. The molecule has 0 radical (unpaired) electrons. The lowest BCUT2D eigenvalue weighted by atomic mass is 9.95. The molecule has 0 aromatic carbocycles. The minimum atomic E-state index is -0.951. The molecule has 0 saturated carbocycles. The van der Waals surface area contributed by atoms with Gasteiger partial charge in [0.2, 0.25) is 5.91 Å². The highest BCUT2D eigenvalue weighted by Gasteiger charge is 2.25. The van der Waals surface area contributed by atoms with Crippen LogP contribution in [-0.4, -0.2) is 37.2 Å². The second-order valence-electron chi connectivity index (χ2n) is 4.22. The van der Waals surface area contributed by atoms with Crippen LogP contribution in [0.1, 0.15) is 20.8 Å². The first kappa shape index (κ1) is 14.9. The average molecular weight is 231 g/mol. The van der Waals surface area contributed by atoms with Gasteiger partial charge in [-0.25, -0.2) is 0 Å². The highest BCUT2D eigenvalue weighted by Crippen LogP contribution is 2.11. The van der Waals surface area contributed by atoms with Crippen LogP contribution in [0, 0.1) is 17.8 Å². The molecule has 2 N–H and O–H groups in total. The lowest BCUT2D eigenvalue weighted by Gasteiger charge is -2.17. The Morgan fingerprint density at radius 3 is 2.25 bits per heavy atom. The van der Waals surface area contributed by atoms with Crippen LogP contribution >= 0.6 is 0 Å². The third-order valence-electron chi connectivity index (χ3n) is 2.63. The van der Waals surface area contributed by atoms with Crippen molar-refractivity contribution in [3.05, 3.63) is 0 Å². The van der Waals surface area contributed by atoms with Crippen molar-refractivity contribution < 1.29 is 19.4 Å². The predicted octanol–water partition coefficient (Wildman–Crippen LogP) is 0.742. The minimum Gasteiger partial charge on any atom is -0.481 e. The lowest BCUT2D eigenvalue weighted by molar-refractivity contribution is -0.146. The zero-order valence-corrected chi connectivity index (χ0v) is 10.3. The SMILES string of the molecule is COCC(C)CNC(=O)C(C)C(C)C(=O)O. The Bertz CT molecular complexity index is 242. The summed E-state index contributed by atoms with van der Waals surface area (Å²) in [7, 11) is 1.60. The van der Waals surface area contributed by atoms with E-state index in [0.717, 1.165) is 0 Å². The van der Waals surface area contributed by atoms with Gasteiger partial charge < -0.3 is 15.2 Å². The maximum absolute atomic E-state index is 11.6. The van der Waals surface area contributed by atoms with Gasteiger partial charge in [-0.3, -0.25) is 9.59 Å². The van der Waals surface area contributed by atoms with Crippen LogP contribution in [0.25, 0.3) is 0 Å². The minimum absolute atomic E-state index is 0.223. The van der Waals surface area contributed by atoms with E-state index in [-0.39, 0.29) is 11.8 Å². The van der Waals surface area contributed by atoms with Gasteiger partial charge in [-0.1, -0.05) is 20.8 Å². The Hall–Kier alpha value is -1.10. The second-order valence-corrected chi connectivity index (χ2v) is 4.22. The zero-order chi connectivity index (χ0) is 12.7. The monoisotopic (exact) mass is 231 g/mol. The van der Waals surface area contributed by atoms with Gasteiger partial charge in [-0.05, 0) is 5.92 Å². The number of carboxylic acids is 1. The first-order chi connectivity index (χ1) is 7.40. The van der Waals surface area contributed by atoms with Crippen LogP contribution in [-0.2, 0) is 14.3 Å². The molecule has 5 nitrogen and oxygen atoms in total. The van der Waals surface area contributed by atoms with Crippen molar-refractivity contribution >= 4 is 11.9 Å². The Balaban J connectivity index is 4.01. The standard InChI is InChI=1S/C11H21NO4/c1-7(6-16-4)5-12-10(13)8(2)9(3)11(14)15/h7-9H,5-6H2,1-4H3,(H,12,13)(H,14,15). The first-order valence-corrected chi connectivity index (χ1v) is 5.39. The summed E-state index contributed by atoms with van der Waals surface area (Å²) in [6.45, 7) is 6.18. The van der Waals surface area contributed by atoms with Crippen molar-refractivity contribution in [2.45, 2.75) is 20.8 Å². The number of methoxy groups -OCH3 is 1. The summed E-state index contributed by atoms with van der Waals surface area (Å²) in [6, 6.07) is 0. The fraction of sp³-hybridized carbons (Fsp3) is 0.818. The van der Waals surface area contributed by atoms with Gasteiger partial charge in [0, 0.05) is 19.6 Å². The summed E-state index contributed by atoms with van der Waals surface area (Å²) in [4.78, 5) is 22.3. The van der Waals surface area contributed by atoms with E-state index in [1.54, 1.807) is 14.0 Å². The molecule has 3 unspecified atom stereocenters. The van der Waals surface area contributed by atoms with Crippen LogP contribution in [0.15, 0.2) is 0 Å². The van der Waals surface area contributed by atoms with Gasteiger partial charge in [-0.2, -0.15) is 0 Å². The second kappa shape index (κ2) is 7.22. The number of nitrogens with one attached hydrogen (secondary N) is 1. The molecule has 0 aliphatic rings. The molecule has 0 heterocycles. The van der Waals surface area contributed by atoms with Gasteiger partial charge in [-0.15, -0.1) is 0 Å². The summed E-state index contributed by atoms with van der Waals surface area (Å²) in [5.41, 5.74) is 0. The number of aliphatic carboxylic acids is 1. The summed E-state index contributed by atoms with van der Waals surface area (Å²) in [5, 5.41) is 11.5. The number of hydrogen-bond acceptors (Lipinski definition) is 3. The summed E-state index contributed by atoms with van der Waals surface area (Å²) < 4.78 is 4.94. The maximum Gasteiger partial charge on any atom is 0.307 e. The highest BCUT2D eigenvalue weighted by atomic mass is 16.5. The molecule has 0 aromatic heterocycles. The molecule has 5 heteroatoms. The van der Waals surface area contributed by atoms with Gasteiger partial charge in [0.15, 0.2) is 0 Å². The molecule has 94 valence electrons. The summed E-state index contributed by atoms with van der Waals surface area (Å²) in [5.74, 6) is -2.14. The molecule has 3 atom stereocenters. The van der Waals surface area contributed by atoms with Gasteiger partial charge >= 0.3 is 5.97 Å². The van der Waals surface area contributed by atoms with Gasteiger partial charge in [0.1, 0.15) is 0 Å². The molecule has 16 heavy (non-hydrogen) atoms. The fourth-order valence-corrected chi connectivity index (χ4v) is 1.22. The smallest absolute Gasteiger partial charge is 0.307 e. The summed E-state index contributed by atoms with van der Waals surface area (Å²) in [6.07, 6.45) is 0. The number of carbonyl (C=O) groups is 2. The van der Waals surface area contributed by atoms with Gasteiger partial charge in [0.25, 0.3) is 0 Å². The largest absolute Gasteiger partial charge is 0.481 e. The maximum atomic E-state index is 11.6. The van der Waals surface area contributed by atoms with Crippen molar-refractivity contribution in [3.63, 3.8) is 0 Å². The number of carboxylic acid groups (broad SMARTS) is 1. The van der Waals surface area contributed by atoms with Gasteiger partial charge in [0.05, 0.1) is 12.5 Å². The van der Waals surface area contributed by atoms with Crippen molar-refractivity contribution in [1.29, 1.82) is 0 Å². The molecular formula is C11H21NO4. The molecule has 0 rings (SSSR count). The van der Waals surface area contributed by atoms with E-state index in [2.05, 4.69) is 5.32 Å². The van der Waals surface area contributed by atoms with Crippen molar-refractivity contribution in [2.75, 3.05) is 20.3 Å². The van der Waals surface area contributed by atoms with Crippen LogP contribution in [0.2, 0.25) is 0 Å². The molecular weight excluding hydrogens is 210 g/mol. The quantitative estimate of drug-likeness (QED) is 0.677. The number of carbonyl (C=O) groups excluding carboxylic acids is 1. The first-order valence-electron chi connectivity index (χ1n) is 5.39. The topological polar surface area (TPSA) is 75.6 Å². The Labute approximate surface area is 96.2 Å². The van der Waals surface area contributed by atoms with Crippen LogP contribution in [0.3, 0.4) is 0 Å². The number of hydrogen-bond donors (Lipinski definition) is 2. The molecule has 0 aromatic rings. The average Bonchev–Trinajstić information content (AvgIpc) is 2.24. The fourth-order valence-electron chi connectivity index (χ4n) is 1.22. The Morgan fingerprint density at radius 2 is 1.81 bits per heavy atom. The number of amides is 1. The van der Waals surface area contributed by atoms with E-state index in [9.17, 15) is 9.59 Å². The van der Waals surface area contributed by atoms with Crippen LogP contribution in [0.5, 0.6) is 0 Å². The van der Waals surface area contributed by atoms with Crippen LogP contribution < -0.4 is 5.32 Å². The molecule has 0 bridgehead atoms. The molecule has 0 aliphatic carbocycles. The highest BCUT2D eigenvalue weighted by molar-refractivity contribution is 5.84. The van der Waals surface area contributed by atoms with Crippen molar-refractivity contribution in [1.82, 2.24) is 5.32 Å². The van der Waals surface area contributed by atoms with E-state index in [0.29, 0.717) is 13.2 Å². The third-order valence-corrected chi connectivity index (χ3v) is 2.63. The Morgan fingerprint density at radius 1 is 1.25 bits per heavy atom. The van der Waals surface area contributed by atoms with E-state index < -0.39 is 17.8 Å². The summed E-state index contributed by atoms with van der Waals surface area (Å²) >= 11 is 0. The lowest BCUT2D eigenvalue weighted by Crippen LogP contribution is -2.37. The van der Waals surface area contributed by atoms with E-state index >= 15 is 0 Å². The Kier molecular flexibility index (Phi) is 6.72. The van der Waals surface area contributed by atoms with Crippen molar-refractivity contribution in [2.24, 2.45) is 17.8 Å². The normalized spacial score (nSPS) is 16.2. The predicted molar refractivity (Wildman–Crippen MR) is 60.0 cm³/mol. The molecule has 0 fully saturated rings. The van der Waals surface area contributed by atoms with Crippen LogP contribution in [0.4, 0.5) is 0 Å². The van der Waals surface area contributed by atoms with E-state index in [1.165, 1.54) is 6.92 Å². The number of ether oxygens (including phenoxy) is 1. The zero-order valence-electron chi connectivity index (χ0n) is 10.3. The van der Waals surface area contributed by atoms with E-state index in [1.807, 2.05) is 6.92 Å². The molecule has 0 saturated heterocycles. The molecule has 1 amide bonds. The number of rotatable bonds is 7. The molecule has 0 aliphatic heterocycles. The van der Waals surface area contributed by atoms with E-state index in [4.69, 9.17) is 9.84 Å². The van der Waals surface area contributed by atoms with Crippen molar-refractivity contribution in [3.8, 4) is 0 Å².